The molecule has 2 aliphatic heterocycles. The van der Waals surface area contributed by atoms with Gasteiger partial charge >= 0.3 is 5.97 Å². The number of carbonyl (C=O) groups excluding carboxylic acids is 1. The van der Waals surface area contributed by atoms with E-state index in [0.717, 1.165) is 25.7 Å². The van der Waals surface area contributed by atoms with Crippen LogP contribution >= 0.6 is 0 Å². The fourth-order valence-electron chi connectivity index (χ4n) is 14.1. The molecule has 0 amide bonds. The van der Waals surface area contributed by atoms with Gasteiger partial charge in [0, 0.05) is 5.92 Å². The third-order valence-electron chi connectivity index (χ3n) is 17.7. The van der Waals surface area contributed by atoms with E-state index in [4.69, 9.17) is 23.7 Å². The predicted molar refractivity (Wildman–Crippen MR) is 219 cm³/mol. The molecule has 1 aromatic rings. The zero-order valence-electron chi connectivity index (χ0n) is 36.7. The molecule has 5 aliphatic carbocycles. The molecule has 6 fully saturated rings. The summed E-state index contributed by atoms with van der Waals surface area (Å²) in [7, 11) is 0. The molecule has 19 atom stereocenters. The van der Waals surface area contributed by atoms with Gasteiger partial charge in [-0.1, -0.05) is 78.3 Å². The van der Waals surface area contributed by atoms with Crippen LogP contribution in [0.15, 0.2) is 42.0 Å². The van der Waals surface area contributed by atoms with E-state index in [1.54, 1.807) is 24.3 Å². The number of ether oxygens (including phenoxy) is 5. The molecule has 0 bridgehead atoms. The van der Waals surface area contributed by atoms with Gasteiger partial charge in [-0.2, -0.15) is 0 Å². The molecule has 2 saturated heterocycles. The number of allylic oxidation sites excluding steroid dienone is 1. The molecule has 61 heavy (non-hydrogen) atoms. The molecule has 1 aromatic carbocycles. The summed E-state index contributed by atoms with van der Waals surface area (Å²) in [4.78, 5) is 13.4. The fourth-order valence-corrected chi connectivity index (χ4v) is 14.1. The van der Waals surface area contributed by atoms with Crippen molar-refractivity contribution in [1.29, 1.82) is 0 Å². The number of carbonyl (C=O) groups is 1. The van der Waals surface area contributed by atoms with Crippen molar-refractivity contribution in [1.82, 2.24) is 0 Å². The zero-order valence-corrected chi connectivity index (χ0v) is 36.7. The van der Waals surface area contributed by atoms with Gasteiger partial charge in [-0.15, -0.1) is 0 Å². The van der Waals surface area contributed by atoms with Crippen LogP contribution in [0.3, 0.4) is 0 Å². The standard InChI is InChI=1S/C47H70O14/c1-42(2)19-26-25-13-14-30-44(5)17-16-32(60-40-37(54)38(27(49)23-57-40)61-41-36(53)35(52)34(51)28(22-48)58-41)43(3,4)29(44)15-18-45(30,6)46(25,7)20-31(50)47(26,56)33(21-42)59-39(55)24-11-9-8-10-12-24/h8-13,26-38,40-41,48-54,56H,14-23H2,1-7H3/t26?,27?,28?,29?,30?,31-,32-,33+,34?,35?,36?,37?,38?,40?,41?,44-,45+,46+,47?/m0/s1. The van der Waals surface area contributed by atoms with Gasteiger partial charge in [-0.05, 0) is 102 Å². The highest BCUT2D eigenvalue weighted by molar-refractivity contribution is 5.89. The molecule has 4 saturated carbocycles. The Hall–Kier alpha value is -2.05. The summed E-state index contributed by atoms with van der Waals surface area (Å²) >= 11 is 0. The monoisotopic (exact) mass is 858 g/mol. The Morgan fingerprint density at radius 2 is 1.49 bits per heavy atom. The molecule has 2 heterocycles. The Bertz CT molecular complexity index is 1800. The molecule has 13 unspecified atom stereocenters. The number of rotatable bonds is 7. The van der Waals surface area contributed by atoms with Crippen molar-refractivity contribution in [2.24, 2.45) is 44.8 Å². The second kappa shape index (κ2) is 15.8. The van der Waals surface area contributed by atoms with Crippen LogP contribution in [0.4, 0.5) is 0 Å². The third-order valence-corrected chi connectivity index (χ3v) is 17.7. The largest absolute Gasteiger partial charge is 0.456 e. The summed E-state index contributed by atoms with van der Waals surface area (Å²) in [5.74, 6) is -0.435. The molecule has 8 N–H and O–H groups in total. The van der Waals surface area contributed by atoms with Crippen molar-refractivity contribution < 1.29 is 69.3 Å². The lowest BCUT2D eigenvalue weighted by Crippen LogP contribution is -2.71. The van der Waals surface area contributed by atoms with Crippen LogP contribution in [0.2, 0.25) is 0 Å². The van der Waals surface area contributed by atoms with Crippen LogP contribution < -0.4 is 0 Å². The Labute approximate surface area is 359 Å². The molecule has 0 aromatic heterocycles. The van der Waals surface area contributed by atoms with E-state index in [-0.39, 0.29) is 46.2 Å². The highest BCUT2D eigenvalue weighted by Crippen LogP contribution is 2.75. The first-order valence-corrected chi connectivity index (χ1v) is 22.5. The van der Waals surface area contributed by atoms with Gasteiger partial charge in [0.15, 0.2) is 12.6 Å². The number of aliphatic hydroxyl groups excluding tert-OH is 7. The Morgan fingerprint density at radius 3 is 2.18 bits per heavy atom. The maximum absolute atomic E-state index is 13.4. The average Bonchev–Trinajstić information content (AvgIpc) is 3.20. The number of benzene rings is 1. The minimum Gasteiger partial charge on any atom is -0.456 e. The number of hydrogen-bond acceptors (Lipinski definition) is 14. The van der Waals surface area contributed by atoms with Crippen molar-refractivity contribution in [3.8, 4) is 0 Å². The minimum absolute atomic E-state index is 0.128. The van der Waals surface area contributed by atoms with E-state index >= 15 is 0 Å². The highest BCUT2D eigenvalue weighted by Gasteiger charge is 2.72. The van der Waals surface area contributed by atoms with E-state index in [2.05, 4.69) is 54.5 Å². The van der Waals surface area contributed by atoms with E-state index in [1.165, 1.54) is 5.57 Å². The molecular formula is C47H70O14. The lowest BCUT2D eigenvalue weighted by molar-refractivity contribution is -0.357. The first-order valence-electron chi connectivity index (χ1n) is 22.5. The maximum atomic E-state index is 13.4. The second-order valence-electron chi connectivity index (χ2n) is 21.8. The maximum Gasteiger partial charge on any atom is 0.338 e. The third kappa shape index (κ3) is 7.09. The van der Waals surface area contributed by atoms with Crippen molar-refractivity contribution in [3.05, 3.63) is 47.5 Å². The van der Waals surface area contributed by atoms with Crippen molar-refractivity contribution in [2.45, 2.75) is 179 Å². The van der Waals surface area contributed by atoms with Crippen LogP contribution in [-0.2, 0) is 23.7 Å². The van der Waals surface area contributed by atoms with E-state index in [1.807, 2.05) is 6.07 Å². The smallest absolute Gasteiger partial charge is 0.338 e. The van der Waals surface area contributed by atoms with Gasteiger partial charge in [0.25, 0.3) is 0 Å². The summed E-state index contributed by atoms with van der Waals surface area (Å²) in [6.45, 7) is 15.0. The molecule has 0 spiro atoms. The normalized spacial score (nSPS) is 50.2. The van der Waals surface area contributed by atoms with Crippen LogP contribution in [0.5, 0.6) is 0 Å². The fraction of sp³-hybridized carbons (Fsp3) is 0.809. The molecule has 8 rings (SSSR count). The van der Waals surface area contributed by atoms with Crippen molar-refractivity contribution >= 4 is 5.97 Å². The number of esters is 1. The van der Waals surface area contributed by atoms with Gasteiger partial charge in [-0.3, -0.25) is 0 Å². The van der Waals surface area contributed by atoms with E-state index in [9.17, 15) is 45.6 Å². The Morgan fingerprint density at radius 1 is 0.787 bits per heavy atom. The Balaban J connectivity index is 1.01. The number of fused-ring (bicyclic) bond motifs is 7. The molecule has 14 nitrogen and oxygen atoms in total. The average molecular weight is 859 g/mol. The minimum atomic E-state index is -1.71. The quantitative estimate of drug-likeness (QED) is 0.112. The highest BCUT2D eigenvalue weighted by atomic mass is 16.7. The Kier molecular flexibility index (Phi) is 11.8. The molecule has 0 radical (unpaired) electrons. The number of hydrogen-bond donors (Lipinski definition) is 8. The molecule has 14 heteroatoms. The van der Waals surface area contributed by atoms with Crippen molar-refractivity contribution in [3.63, 3.8) is 0 Å². The summed E-state index contributed by atoms with van der Waals surface area (Å²) < 4.78 is 30.1. The SMILES string of the molecule is CC1(C)CC2C3=CCC4[C@@]5(C)CC[C@H](OC6OCC(O)C(OC7OC(CO)C(O)C(O)C7O)C6O)C(C)(C)C5CC[C@@]4(C)[C@]3(C)C[C@H](O)C2(O)[C@H](OC(=O)c2ccccc2)C1. The van der Waals surface area contributed by atoms with E-state index in [0.29, 0.717) is 31.2 Å². The van der Waals surface area contributed by atoms with Crippen LogP contribution in [0, 0.1) is 44.8 Å². The van der Waals surface area contributed by atoms with Crippen LogP contribution in [-0.4, -0.2) is 139 Å². The molecular weight excluding hydrogens is 789 g/mol. The van der Waals surface area contributed by atoms with Gasteiger partial charge in [0.2, 0.25) is 0 Å². The summed E-state index contributed by atoms with van der Waals surface area (Å²) in [5.41, 5.74) is -1.48. The van der Waals surface area contributed by atoms with Gasteiger partial charge in [0.1, 0.15) is 54.4 Å². The van der Waals surface area contributed by atoms with Gasteiger partial charge in [0.05, 0.1) is 31.0 Å². The summed E-state index contributed by atoms with van der Waals surface area (Å²) in [6, 6.07) is 8.81. The zero-order chi connectivity index (χ0) is 44.2. The van der Waals surface area contributed by atoms with Crippen molar-refractivity contribution in [2.75, 3.05) is 13.2 Å². The molecule has 7 aliphatic rings. The summed E-state index contributed by atoms with van der Waals surface area (Å²) in [5, 5.41) is 88.2. The van der Waals surface area contributed by atoms with Gasteiger partial charge < -0.3 is 64.5 Å². The second-order valence-corrected chi connectivity index (χ2v) is 21.8. The lowest BCUT2D eigenvalue weighted by Gasteiger charge is -2.72. The molecule has 342 valence electrons. The first-order chi connectivity index (χ1) is 28.5. The van der Waals surface area contributed by atoms with Crippen LogP contribution in [0.25, 0.3) is 0 Å². The topological polar surface area (TPSA) is 225 Å². The van der Waals surface area contributed by atoms with E-state index < -0.39 is 97.0 Å². The lowest BCUT2D eigenvalue weighted by atomic mass is 9.34. The van der Waals surface area contributed by atoms with Crippen LogP contribution in [0.1, 0.15) is 110 Å². The number of aliphatic hydroxyl groups is 8. The summed E-state index contributed by atoms with van der Waals surface area (Å²) in [6.07, 6.45) is -7.52. The first kappa shape index (κ1) is 45.5. The predicted octanol–water partition coefficient (Wildman–Crippen LogP) is 2.99. The van der Waals surface area contributed by atoms with Gasteiger partial charge in [-0.25, -0.2) is 4.79 Å².